The van der Waals surface area contributed by atoms with E-state index in [1.165, 1.54) is 19.3 Å². The molecular formula is C20H35NNaO5P. The molecule has 1 unspecified atom stereocenters. The van der Waals surface area contributed by atoms with Crippen molar-refractivity contribution in [2.24, 2.45) is 0 Å². The summed E-state index contributed by atoms with van der Waals surface area (Å²) in [5.74, 6) is 0.655. The molecule has 0 bridgehead atoms. The average Bonchev–Trinajstić information content (AvgIpc) is 2.63. The Labute approximate surface area is 191 Å². The van der Waals surface area contributed by atoms with Crippen LogP contribution in [0.25, 0.3) is 0 Å². The van der Waals surface area contributed by atoms with Crippen molar-refractivity contribution < 1.29 is 23.9 Å². The second-order valence-corrected chi connectivity index (χ2v) is 9.27. The van der Waals surface area contributed by atoms with Crippen molar-refractivity contribution in [3.8, 4) is 5.75 Å². The summed E-state index contributed by atoms with van der Waals surface area (Å²) >= 11 is 0. The van der Waals surface area contributed by atoms with Gasteiger partial charge in [-0.25, -0.2) is 4.57 Å². The number of unbranched alkanes of at least 4 members (excludes halogenated alkanes) is 3. The molecule has 0 radical (unpaired) electrons. The molecular weight excluding hydrogens is 388 g/mol. The molecule has 1 saturated heterocycles. The standard InChI is InChI=1S/C20H34NO5P.Na.H/c1-4-5-6-7-12-20(2,3)17-10-11-18(16-9-8-13-21-15-16)19(14-17)25-26-27(22,23)24;;/h10-11,14,16,21H,4-9,12-13,15H2,1-3H3,(H2,22,23,24);;. The first kappa shape index (κ1) is 26.1. The van der Waals surface area contributed by atoms with Crippen LogP contribution in [0.3, 0.4) is 0 Å². The van der Waals surface area contributed by atoms with E-state index in [4.69, 9.17) is 14.7 Å². The first-order valence-corrected chi connectivity index (χ1v) is 11.5. The second-order valence-electron chi connectivity index (χ2n) is 8.14. The maximum absolute atomic E-state index is 11.1. The Morgan fingerprint density at radius 1 is 1.25 bits per heavy atom. The van der Waals surface area contributed by atoms with Gasteiger partial charge in [0.05, 0.1) is 0 Å². The van der Waals surface area contributed by atoms with Crippen molar-refractivity contribution >= 4 is 37.4 Å². The van der Waals surface area contributed by atoms with Crippen molar-refractivity contribution in [3.05, 3.63) is 29.3 Å². The van der Waals surface area contributed by atoms with Crippen LogP contribution >= 0.6 is 7.82 Å². The Kier molecular flexibility index (Phi) is 11.3. The topological polar surface area (TPSA) is 88.0 Å². The molecule has 0 saturated carbocycles. The number of benzene rings is 1. The van der Waals surface area contributed by atoms with Crippen molar-refractivity contribution in [2.75, 3.05) is 13.1 Å². The number of nitrogens with one attached hydrogen (secondary N) is 1. The summed E-state index contributed by atoms with van der Waals surface area (Å²) in [5, 5.41) is 3.37. The van der Waals surface area contributed by atoms with Gasteiger partial charge in [0.25, 0.3) is 0 Å². The third-order valence-electron chi connectivity index (χ3n) is 5.41. The van der Waals surface area contributed by atoms with E-state index in [9.17, 15) is 4.57 Å². The van der Waals surface area contributed by atoms with Crippen LogP contribution < -0.4 is 10.2 Å². The van der Waals surface area contributed by atoms with Gasteiger partial charge >= 0.3 is 37.4 Å². The maximum atomic E-state index is 11.1. The van der Waals surface area contributed by atoms with Gasteiger partial charge in [0.15, 0.2) is 5.75 Å². The van der Waals surface area contributed by atoms with Crippen molar-refractivity contribution in [3.63, 3.8) is 0 Å². The average molecular weight is 423 g/mol. The molecule has 0 aromatic heterocycles. The molecule has 2 rings (SSSR count). The monoisotopic (exact) mass is 423 g/mol. The van der Waals surface area contributed by atoms with Crippen molar-refractivity contribution in [2.45, 2.75) is 77.0 Å². The summed E-state index contributed by atoms with van der Waals surface area (Å²) < 4.78 is 15.5. The van der Waals surface area contributed by atoms with Crippen molar-refractivity contribution in [1.82, 2.24) is 5.32 Å². The molecule has 28 heavy (non-hydrogen) atoms. The van der Waals surface area contributed by atoms with Gasteiger partial charge in [-0.15, -0.1) is 0 Å². The third-order valence-corrected chi connectivity index (χ3v) is 5.68. The zero-order valence-corrected chi connectivity index (χ0v) is 17.6. The summed E-state index contributed by atoms with van der Waals surface area (Å²) in [6, 6.07) is 6.03. The van der Waals surface area contributed by atoms with Crippen LogP contribution in [0.1, 0.15) is 82.8 Å². The molecule has 6 nitrogen and oxygen atoms in total. The molecule has 3 N–H and O–H groups in total. The Morgan fingerprint density at radius 2 is 2.00 bits per heavy atom. The van der Waals surface area contributed by atoms with E-state index in [0.29, 0.717) is 5.75 Å². The Balaban J connectivity index is 0.00000392. The molecule has 156 valence electrons. The van der Waals surface area contributed by atoms with Gasteiger partial charge in [-0.1, -0.05) is 63.3 Å². The van der Waals surface area contributed by atoms with Gasteiger partial charge in [0.2, 0.25) is 0 Å². The first-order valence-electron chi connectivity index (χ1n) is 10.00. The van der Waals surface area contributed by atoms with Crippen LogP contribution in [0, 0.1) is 0 Å². The molecule has 1 fully saturated rings. The predicted molar refractivity (Wildman–Crippen MR) is 114 cm³/mol. The molecule has 8 heteroatoms. The normalized spacial score (nSPS) is 17.8. The Morgan fingerprint density at radius 3 is 2.61 bits per heavy atom. The summed E-state index contributed by atoms with van der Waals surface area (Å²) in [4.78, 5) is 23.2. The fourth-order valence-electron chi connectivity index (χ4n) is 3.71. The van der Waals surface area contributed by atoms with E-state index in [2.05, 4.69) is 36.8 Å². The zero-order chi connectivity index (χ0) is 19.9. The quantitative estimate of drug-likeness (QED) is 0.172. The summed E-state index contributed by atoms with van der Waals surface area (Å²) in [6.07, 6.45) is 7.96. The minimum atomic E-state index is -4.71. The van der Waals surface area contributed by atoms with E-state index in [1.807, 2.05) is 12.1 Å². The van der Waals surface area contributed by atoms with Crippen LogP contribution in [-0.4, -0.2) is 52.4 Å². The van der Waals surface area contributed by atoms with Gasteiger partial charge < -0.3 is 20.0 Å². The van der Waals surface area contributed by atoms with E-state index in [1.54, 1.807) is 0 Å². The Bertz CT molecular complexity index is 643. The zero-order valence-electron chi connectivity index (χ0n) is 16.7. The fourth-order valence-corrected chi connectivity index (χ4v) is 3.89. The van der Waals surface area contributed by atoms with Crippen LogP contribution in [0.4, 0.5) is 0 Å². The van der Waals surface area contributed by atoms with Crippen LogP contribution in [0.5, 0.6) is 5.75 Å². The number of hydrogen-bond acceptors (Lipinski definition) is 4. The van der Waals surface area contributed by atoms with Crippen LogP contribution in [-0.2, 0) is 14.7 Å². The van der Waals surface area contributed by atoms with Gasteiger partial charge in [-0.05, 0) is 42.9 Å². The van der Waals surface area contributed by atoms with Crippen LogP contribution in [0.15, 0.2) is 18.2 Å². The van der Waals surface area contributed by atoms with Crippen LogP contribution in [0.2, 0.25) is 0 Å². The molecule has 0 spiro atoms. The molecule has 1 aromatic carbocycles. The Hall–Kier alpha value is 0.0900. The molecule has 1 aliphatic heterocycles. The number of phosphoric acid groups is 1. The van der Waals surface area contributed by atoms with E-state index >= 15 is 0 Å². The molecule has 1 atom stereocenters. The van der Waals surface area contributed by atoms with E-state index in [0.717, 1.165) is 49.9 Å². The minimum absolute atomic E-state index is 0. The third kappa shape index (κ3) is 8.45. The molecule has 0 amide bonds. The van der Waals surface area contributed by atoms with Gasteiger partial charge in [0.1, 0.15) is 0 Å². The SMILES string of the molecule is CCCCCCC(C)(C)c1ccc(C2CCCNC2)c(OOP(=O)(O)O)c1.[NaH]. The van der Waals surface area contributed by atoms with Crippen molar-refractivity contribution in [1.29, 1.82) is 0 Å². The first-order chi connectivity index (χ1) is 12.7. The predicted octanol–water partition coefficient (Wildman–Crippen LogP) is 4.16. The van der Waals surface area contributed by atoms with Gasteiger partial charge in [-0.2, -0.15) is 0 Å². The molecule has 1 aliphatic rings. The number of piperidine rings is 1. The van der Waals surface area contributed by atoms with E-state index in [-0.39, 0.29) is 40.9 Å². The number of rotatable bonds is 10. The molecule has 1 heterocycles. The fraction of sp³-hybridized carbons (Fsp3) is 0.700. The summed E-state index contributed by atoms with van der Waals surface area (Å²) in [6.45, 7) is 8.42. The summed E-state index contributed by atoms with van der Waals surface area (Å²) in [5.41, 5.74) is 1.98. The number of hydrogen-bond donors (Lipinski definition) is 3. The molecule has 0 aliphatic carbocycles. The van der Waals surface area contributed by atoms with Gasteiger partial charge in [0, 0.05) is 18.0 Å². The molecule has 1 aromatic rings. The van der Waals surface area contributed by atoms with Gasteiger partial charge in [-0.3, -0.25) is 0 Å². The van der Waals surface area contributed by atoms with E-state index < -0.39 is 7.82 Å². The summed E-state index contributed by atoms with van der Waals surface area (Å²) in [7, 11) is -4.71. The second kappa shape index (κ2) is 12.1.